The minimum absolute atomic E-state index is 0.00435. The summed E-state index contributed by atoms with van der Waals surface area (Å²) in [5.74, 6) is -17.9. The number of carbonyl (C=O) groups excluding carboxylic acids is 11. The van der Waals surface area contributed by atoms with E-state index in [4.69, 9.17) is 10.8 Å². The van der Waals surface area contributed by atoms with Crippen LogP contribution in [-0.4, -0.2) is 209 Å². The number of aliphatic carboxylic acids is 5. The molecule has 520 valence electrons. The SMILES string of the molecule is CC[C@H](C)[C@H](NC(=O)[C@@H]1CCCN1C(=O)[C@H](CCC(=O)O)NC(=O)[C@H](Cc1ccc(O)cc1)NC(=O)CCC(=O)O)C(=O)N1CCC[C@H]1C(=O)N[C@@H](CCC(=O)O)C(=O)N[C@@H](CCC(=O)O)C(=O)N[C@@H](C)C(=O)NC(CC1CCCCC1)C(=O)N[C@H](CCC(N)=O)C(=O)O. The summed E-state index contributed by atoms with van der Waals surface area (Å²) < 4.78 is 0. The molecule has 0 radical (unpaired) electrons. The van der Waals surface area contributed by atoms with E-state index in [-0.39, 0.29) is 82.5 Å². The van der Waals surface area contributed by atoms with Crippen molar-refractivity contribution in [1.82, 2.24) is 52.3 Å². The first-order valence-corrected chi connectivity index (χ1v) is 31.6. The number of carbonyl (C=O) groups is 16. The fourth-order valence-corrected chi connectivity index (χ4v) is 11.4. The Morgan fingerprint density at radius 1 is 0.479 bits per heavy atom. The molecule has 0 spiro atoms. The highest BCUT2D eigenvalue weighted by Crippen LogP contribution is 2.28. The molecule has 2 heterocycles. The molecule has 2 saturated heterocycles. The third-order valence-electron chi connectivity index (χ3n) is 16.8. The van der Waals surface area contributed by atoms with E-state index < -0.39 is 213 Å². The van der Waals surface area contributed by atoms with Crippen molar-refractivity contribution in [3.63, 3.8) is 0 Å². The molecule has 1 aliphatic carbocycles. The highest BCUT2D eigenvalue weighted by molar-refractivity contribution is 5.99. The summed E-state index contributed by atoms with van der Waals surface area (Å²) in [5, 5.41) is 77.4. The number of primary amides is 1. The van der Waals surface area contributed by atoms with Crippen LogP contribution in [0.25, 0.3) is 0 Å². The number of hydrogen-bond acceptors (Lipinski definition) is 17. The number of amides is 11. The highest BCUT2D eigenvalue weighted by atomic mass is 16.4. The van der Waals surface area contributed by atoms with Crippen molar-refractivity contribution in [1.29, 1.82) is 0 Å². The van der Waals surface area contributed by atoms with E-state index in [0.717, 1.165) is 29.1 Å². The van der Waals surface area contributed by atoms with E-state index in [2.05, 4.69) is 42.5 Å². The maximum absolute atomic E-state index is 14.7. The summed E-state index contributed by atoms with van der Waals surface area (Å²) in [5.41, 5.74) is 5.62. The van der Waals surface area contributed by atoms with Crippen molar-refractivity contribution in [2.24, 2.45) is 17.6 Å². The molecule has 94 heavy (non-hydrogen) atoms. The molecule has 0 aromatic heterocycles. The topological polar surface area (TPSA) is 523 Å². The smallest absolute Gasteiger partial charge is 0.326 e. The Balaban J connectivity index is 1.52. The summed E-state index contributed by atoms with van der Waals surface area (Å²) in [6, 6.07) is -9.32. The molecule has 33 heteroatoms. The standard InChI is InChI=1S/C61H89N11O22/c1-4-32(2)51(70-58(90)44-13-8-28-71(44)59(91)39(21-26-49(80)81)67-55(87)41(64-46(75)23-27-50(82)83)31-35-14-16-36(73)17-15-35)60(92)72-29-9-12-43(72)57(89)66-38(20-25-48(78)79)54(86)65-37(19-24-47(76)77)53(85)63-33(3)52(84)69-42(30-34-10-6-5-7-11-34)56(88)68-40(61(93)94)18-22-45(62)74/h14-17,32-34,37-44,51,73H,4-13,18-31H2,1-3H3,(H2,62,74)(H,63,85)(H,64,75)(H,65,86)(H,66,89)(H,67,87)(H,68,88)(H,69,84)(H,70,90)(H,76,77)(H,78,79)(H,80,81)(H,82,83)(H,93,94)/t32-,33-,37-,38-,39-,40+,41-,42?,43-,44-,51-/m0/s1. The predicted octanol–water partition coefficient (Wildman–Crippen LogP) is -1.36. The molecule has 1 aromatic carbocycles. The van der Waals surface area contributed by atoms with Gasteiger partial charge in [0.2, 0.25) is 65.0 Å². The first-order valence-electron chi connectivity index (χ1n) is 31.6. The van der Waals surface area contributed by atoms with Crippen molar-refractivity contribution >= 4 is 94.8 Å². The maximum Gasteiger partial charge on any atom is 0.326 e. The lowest BCUT2D eigenvalue weighted by atomic mass is 9.84. The summed E-state index contributed by atoms with van der Waals surface area (Å²) in [4.78, 5) is 213. The monoisotopic (exact) mass is 1330 g/mol. The molecule has 11 amide bonds. The van der Waals surface area contributed by atoms with Crippen molar-refractivity contribution < 1.29 is 107 Å². The Labute approximate surface area is 541 Å². The molecule has 4 rings (SSSR count). The number of nitrogens with two attached hydrogens (primary N) is 1. The van der Waals surface area contributed by atoms with E-state index >= 15 is 0 Å². The van der Waals surface area contributed by atoms with Gasteiger partial charge in [-0.2, -0.15) is 0 Å². The second-order valence-electron chi connectivity index (χ2n) is 24.1. The third kappa shape index (κ3) is 25.2. The Kier molecular flexibility index (Phi) is 31.0. The second-order valence-corrected chi connectivity index (χ2v) is 24.1. The quantitative estimate of drug-likeness (QED) is 0.0362. The molecule has 1 aromatic rings. The maximum atomic E-state index is 14.7. The van der Waals surface area contributed by atoms with Gasteiger partial charge in [0.25, 0.3) is 0 Å². The lowest BCUT2D eigenvalue weighted by Crippen LogP contribution is -2.61. The molecule has 33 nitrogen and oxygen atoms in total. The second kappa shape index (κ2) is 37.9. The zero-order valence-electron chi connectivity index (χ0n) is 52.9. The lowest BCUT2D eigenvalue weighted by molar-refractivity contribution is -0.146. The molecule has 3 fully saturated rings. The van der Waals surface area contributed by atoms with Gasteiger partial charge in [-0.15, -0.1) is 0 Å². The van der Waals surface area contributed by atoms with Gasteiger partial charge in [-0.05, 0) is 94.2 Å². The van der Waals surface area contributed by atoms with E-state index in [1.54, 1.807) is 13.8 Å². The number of phenolic OH excluding ortho intramolecular Hbond substituents is 1. The van der Waals surface area contributed by atoms with Crippen LogP contribution in [0.1, 0.15) is 161 Å². The van der Waals surface area contributed by atoms with Crippen molar-refractivity contribution in [3.8, 4) is 5.75 Å². The molecule has 1 saturated carbocycles. The van der Waals surface area contributed by atoms with Crippen LogP contribution in [0.2, 0.25) is 0 Å². The number of phenols is 1. The Hall–Kier alpha value is -9.46. The summed E-state index contributed by atoms with van der Waals surface area (Å²) in [6.45, 7) is 4.46. The molecule has 3 aliphatic rings. The number of carboxylic acid groups (broad SMARTS) is 5. The molecular weight excluding hydrogens is 1240 g/mol. The van der Waals surface area contributed by atoms with Crippen molar-refractivity contribution in [3.05, 3.63) is 29.8 Å². The third-order valence-corrected chi connectivity index (χ3v) is 16.8. The zero-order chi connectivity index (χ0) is 69.9. The first-order chi connectivity index (χ1) is 44.4. The Morgan fingerprint density at radius 3 is 1.47 bits per heavy atom. The number of rotatable bonds is 39. The molecule has 16 N–H and O–H groups in total. The number of likely N-dealkylation sites (tertiary alicyclic amines) is 2. The number of benzene rings is 1. The number of nitrogens with one attached hydrogen (secondary N) is 8. The minimum Gasteiger partial charge on any atom is -0.508 e. The minimum atomic E-state index is -1.75. The van der Waals surface area contributed by atoms with E-state index in [0.29, 0.717) is 18.4 Å². The van der Waals surface area contributed by atoms with Gasteiger partial charge >= 0.3 is 29.8 Å². The van der Waals surface area contributed by atoms with Crippen LogP contribution in [0.5, 0.6) is 5.75 Å². The Bertz CT molecular complexity index is 2920. The molecule has 0 bridgehead atoms. The Morgan fingerprint density at radius 2 is 0.936 bits per heavy atom. The predicted molar refractivity (Wildman–Crippen MR) is 327 cm³/mol. The van der Waals surface area contributed by atoms with Gasteiger partial charge in [-0.3, -0.25) is 71.9 Å². The summed E-state index contributed by atoms with van der Waals surface area (Å²) in [7, 11) is 0. The summed E-state index contributed by atoms with van der Waals surface area (Å²) >= 11 is 0. The molecular formula is C61H89N11O22. The lowest BCUT2D eigenvalue weighted by Gasteiger charge is -2.34. The van der Waals surface area contributed by atoms with E-state index in [1.807, 2.05) is 0 Å². The van der Waals surface area contributed by atoms with Crippen LogP contribution in [0, 0.1) is 11.8 Å². The first kappa shape index (κ1) is 77.0. The zero-order valence-corrected chi connectivity index (χ0v) is 52.9. The summed E-state index contributed by atoms with van der Waals surface area (Å²) in [6.07, 6.45) is -0.891. The van der Waals surface area contributed by atoms with Crippen molar-refractivity contribution in [2.75, 3.05) is 13.1 Å². The molecule has 1 unspecified atom stereocenters. The number of nitrogens with zero attached hydrogens (tertiary/aromatic N) is 2. The average Bonchev–Trinajstić information content (AvgIpc) is 1.60. The van der Waals surface area contributed by atoms with Crippen LogP contribution in [-0.2, 0) is 83.1 Å². The number of hydrogen-bond donors (Lipinski definition) is 15. The van der Waals surface area contributed by atoms with Gasteiger partial charge in [0.1, 0.15) is 66.2 Å². The van der Waals surface area contributed by atoms with Gasteiger partial charge in [0.05, 0.1) is 6.42 Å². The normalized spacial score (nSPS) is 18.3. The number of carboxylic acids is 5. The van der Waals surface area contributed by atoms with E-state index in [9.17, 15) is 102 Å². The van der Waals surface area contributed by atoms with E-state index in [1.165, 1.54) is 31.2 Å². The van der Waals surface area contributed by atoms with Crippen LogP contribution in [0.3, 0.4) is 0 Å². The highest BCUT2D eigenvalue weighted by Gasteiger charge is 2.44. The van der Waals surface area contributed by atoms with Gasteiger partial charge in [-0.25, -0.2) is 4.79 Å². The van der Waals surface area contributed by atoms with Gasteiger partial charge in [-0.1, -0.05) is 64.5 Å². The average molecular weight is 1330 g/mol. The number of aromatic hydroxyl groups is 1. The van der Waals surface area contributed by atoms with Gasteiger partial charge in [0, 0.05) is 51.6 Å². The van der Waals surface area contributed by atoms with Crippen LogP contribution < -0.4 is 48.3 Å². The van der Waals surface area contributed by atoms with Crippen LogP contribution in [0.4, 0.5) is 0 Å². The van der Waals surface area contributed by atoms with Crippen LogP contribution in [0.15, 0.2) is 24.3 Å². The van der Waals surface area contributed by atoms with Gasteiger partial charge < -0.3 is 88.7 Å². The van der Waals surface area contributed by atoms with Crippen molar-refractivity contribution in [2.45, 2.75) is 222 Å². The van der Waals surface area contributed by atoms with Crippen LogP contribution >= 0.6 is 0 Å². The fourth-order valence-electron chi connectivity index (χ4n) is 11.4. The molecule has 11 atom stereocenters. The fraction of sp³-hybridized carbons (Fsp3) is 0.639. The molecule has 2 aliphatic heterocycles. The largest absolute Gasteiger partial charge is 0.508 e. The van der Waals surface area contributed by atoms with Gasteiger partial charge in [0.15, 0.2) is 0 Å².